The molecule has 0 aliphatic carbocycles. The van der Waals surface area contributed by atoms with Crippen LogP contribution in [0.5, 0.6) is 0 Å². The molecule has 1 aromatic heterocycles. The average molecular weight is 223 g/mol. The zero-order chi connectivity index (χ0) is 12.0. The molecule has 2 N–H and O–H groups in total. The molecule has 90 valence electrons. The molecule has 0 atom stereocenters. The highest BCUT2D eigenvalue weighted by Crippen LogP contribution is 2.18. The maximum atomic E-state index is 5.38. The first-order valence-electron chi connectivity index (χ1n) is 5.62. The zero-order valence-corrected chi connectivity index (χ0v) is 10.3. The van der Waals surface area contributed by atoms with Crippen molar-refractivity contribution < 1.29 is 4.52 Å². The van der Waals surface area contributed by atoms with E-state index < -0.39 is 0 Å². The van der Waals surface area contributed by atoms with Crippen molar-refractivity contribution in [1.82, 2.24) is 10.1 Å². The van der Waals surface area contributed by atoms with E-state index in [0.29, 0.717) is 12.5 Å². The van der Waals surface area contributed by atoms with Crippen LogP contribution in [-0.4, -0.2) is 30.2 Å². The Hall–Kier alpha value is -1.13. The molecule has 0 radical (unpaired) electrons. The lowest BCUT2D eigenvalue weighted by Crippen LogP contribution is -2.18. The highest BCUT2D eigenvalue weighted by molar-refractivity contribution is 5.17. The predicted octanol–water partition coefficient (Wildman–Crippen LogP) is 1.74. The Bertz CT molecular complexity index is 331. The molecule has 0 unspecified atom stereocenters. The SMILES string of the molecule is CC(C)c1nocc1CN(C)C/C=C/CN. The van der Waals surface area contributed by atoms with Gasteiger partial charge in [0.1, 0.15) is 6.26 Å². The van der Waals surface area contributed by atoms with Crippen LogP contribution in [-0.2, 0) is 6.54 Å². The van der Waals surface area contributed by atoms with Gasteiger partial charge >= 0.3 is 0 Å². The third-order valence-electron chi connectivity index (χ3n) is 2.38. The first kappa shape index (κ1) is 12.9. The normalized spacial score (nSPS) is 12.1. The van der Waals surface area contributed by atoms with Crippen LogP contribution < -0.4 is 5.73 Å². The van der Waals surface area contributed by atoms with Crippen LogP contribution in [0.1, 0.15) is 31.0 Å². The fourth-order valence-corrected chi connectivity index (χ4v) is 1.57. The largest absolute Gasteiger partial charge is 0.364 e. The number of aromatic nitrogens is 1. The second-order valence-electron chi connectivity index (χ2n) is 4.28. The summed E-state index contributed by atoms with van der Waals surface area (Å²) in [5, 5.41) is 4.03. The summed E-state index contributed by atoms with van der Waals surface area (Å²) < 4.78 is 5.02. The maximum Gasteiger partial charge on any atom is 0.128 e. The van der Waals surface area contributed by atoms with Crippen molar-refractivity contribution in [2.24, 2.45) is 5.73 Å². The molecule has 0 aliphatic rings. The summed E-state index contributed by atoms with van der Waals surface area (Å²) in [5.74, 6) is 0.404. The van der Waals surface area contributed by atoms with Crippen LogP contribution in [0.25, 0.3) is 0 Å². The fourth-order valence-electron chi connectivity index (χ4n) is 1.57. The minimum absolute atomic E-state index is 0.404. The summed E-state index contributed by atoms with van der Waals surface area (Å²) in [4.78, 5) is 2.20. The van der Waals surface area contributed by atoms with Crippen molar-refractivity contribution in [3.05, 3.63) is 29.7 Å². The van der Waals surface area contributed by atoms with Gasteiger partial charge in [-0.1, -0.05) is 31.2 Å². The van der Waals surface area contributed by atoms with Gasteiger partial charge in [-0.3, -0.25) is 4.90 Å². The molecule has 1 rings (SSSR count). The topological polar surface area (TPSA) is 55.3 Å². The summed E-state index contributed by atoms with van der Waals surface area (Å²) in [6, 6.07) is 0. The highest BCUT2D eigenvalue weighted by Gasteiger charge is 2.12. The molecule has 1 aromatic rings. The minimum Gasteiger partial charge on any atom is -0.364 e. The average Bonchev–Trinajstić information content (AvgIpc) is 2.66. The molecule has 0 spiro atoms. The van der Waals surface area contributed by atoms with Gasteiger partial charge in [0, 0.05) is 25.2 Å². The monoisotopic (exact) mass is 223 g/mol. The van der Waals surface area contributed by atoms with Gasteiger partial charge in [-0.05, 0) is 13.0 Å². The van der Waals surface area contributed by atoms with Crippen molar-refractivity contribution in [2.45, 2.75) is 26.3 Å². The van der Waals surface area contributed by atoms with Crippen molar-refractivity contribution in [3.8, 4) is 0 Å². The van der Waals surface area contributed by atoms with Crippen LogP contribution in [0, 0.1) is 0 Å². The van der Waals surface area contributed by atoms with Crippen molar-refractivity contribution in [2.75, 3.05) is 20.1 Å². The first-order valence-corrected chi connectivity index (χ1v) is 5.62. The van der Waals surface area contributed by atoms with E-state index in [-0.39, 0.29) is 0 Å². The quantitative estimate of drug-likeness (QED) is 0.746. The smallest absolute Gasteiger partial charge is 0.128 e. The molecule has 0 aliphatic heterocycles. The third kappa shape index (κ3) is 3.79. The van der Waals surface area contributed by atoms with Gasteiger partial charge in [-0.2, -0.15) is 0 Å². The maximum absolute atomic E-state index is 5.38. The summed E-state index contributed by atoms with van der Waals surface area (Å²) in [6.07, 6.45) is 5.77. The lowest BCUT2D eigenvalue weighted by molar-refractivity contribution is 0.359. The molecular weight excluding hydrogens is 202 g/mol. The molecule has 0 amide bonds. The second kappa shape index (κ2) is 6.45. The molecule has 4 nitrogen and oxygen atoms in total. The van der Waals surface area contributed by atoms with E-state index in [1.807, 2.05) is 6.08 Å². The molecule has 0 bridgehead atoms. The number of rotatable bonds is 6. The van der Waals surface area contributed by atoms with Gasteiger partial charge in [0.15, 0.2) is 0 Å². The number of nitrogens with two attached hydrogens (primary N) is 1. The van der Waals surface area contributed by atoms with Crippen molar-refractivity contribution in [1.29, 1.82) is 0 Å². The van der Waals surface area contributed by atoms with E-state index in [1.165, 1.54) is 5.56 Å². The molecule has 0 saturated carbocycles. The highest BCUT2D eigenvalue weighted by atomic mass is 16.5. The van der Waals surface area contributed by atoms with Crippen LogP contribution in [0.3, 0.4) is 0 Å². The molecule has 1 heterocycles. The van der Waals surface area contributed by atoms with Gasteiger partial charge in [0.25, 0.3) is 0 Å². The molecule has 4 heteroatoms. The van der Waals surface area contributed by atoms with E-state index in [2.05, 4.69) is 37.0 Å². The Morgan fingerprint density at radius 1 is 1.50 bits per heavy atom. The number of nitrogens with zero attached hydrogens (tertiary/aromatic N) is 2. The van der Waals surface area contributed by atoms with Gasteiger partial charge in [-0.15, -0.1) is 0 Å². The third-order valence-corrected chi connectivity index (χ3v) is 2.38. The molecule has 0 saturated heterocycles. The Balaban J connectivity index is 2.52. The lowest BCUT2D eigenvalue weighted by atomic mass is 10.1. The van der Waals surface area contributed by atoms with Gasteiger partial charge in [0.05, 0.1) is 5.69 Å². The summed E-state index contributed by atoms with van der Waals surface area (Å²) in [7, 11) is 2.07. The summed E-state index contributed by atoms with van der Waals surface area (Å²) >= 11 is 0. The van der Waals surface area contributed by atoms with Gasteiger partial charge in [-0.25, -0.2) is 0 Å². The second-order valence-corrected chi connectivity index (χ2v) is 4.28. The Morgan fingerprint density at radius 3 is 2.88 bits per heavy atom. The van der Waals surface area contributed by atoms with E-state index in [9.17, 15) is 0 Å². The lowest BCUT2D eigenvalue weighted by Gasteiger charge is -2.14. The van der Waals surface area contributed by atoms with Crippen LogP contribution in [0.2, 0.25) is 0 Å². The standard InChI is InChI=1S/C12H21N3O/c1-10(2)12-11(9-16-14-12)8-15(3)7-5-4-6-13/h4-5,9-10H,6-8,13H2,1-3H3/b5-4+. The Morgan fingerprint density at radius 2 is 2.25 bits per heavy atom. The van der Waals surface area contributed by atoms with Gasteiger partial charge in [0.2, 0.25) is 0 Å². The van der Waals surface area contributed by atoms with E-state index in [0.717, 1.165) is 18.8 Å². The Kier molecular flexibility index (Phi) is 5.22. The number of likely N-dealkylation sites (N-methyl/N-ethyl adjacent to an activating group) is 1. The van der Waals surface area contributed by atoms with Crippen LogP contribution >= 0.6 is 0 Å². The van der Waals surface area contributed by atoms with E-state index >= 15 is 0 Å². The van der Waals surface area contributed by atoms with Crippen LogP contribution in [0.15, 0.2) is 22.9 Å². The molecule has 16 heavy (non-hydrogen) atoms. The molecule has 0 fully saturated rings. The van der Waals surface area contributed by atoms with E-state index in [4.69, 9.17) is 10.3 Å². The van der Waals surface area contributed by atoms with Gasteiger partial charge < -0.3 is 10.3 Å². The minimum atomic E-state index is 0.404. The molecular formula is C12H21N3O. The Labute approximate surface area is 97.1 Å². The first-order chi connectivity index (χ1) is 7.65. The summed E-state index contributed by atoms with van der Waals surface area (Å²) in [6.45, 7) is 6.58. The molecule has 0 aromatic carbocycles. The predicted molar refractivity (Wildman–Crippen MR) is 65.1 cm³/mol. The zero-order valence-electron chi connectivity index (χ0n) is 10.3. The number of hydrogen-bond donors (Lipinski definition) is 1. The van der Waals surface area contributed by atoms with Crippen molar-refractivity contribution >= 4 is 0 Å². The number of hydrogen-bond acceptors (Lipinski definition) is 4. The van der Waals surface area contributed by atoms with Crippen LogP contribution in [0.4, 0.5) is 0 Å². The fraction of sp³-hybridized carbons (Fsp3) is 0.583. The van der Waals surface area contributed by atoms with Crippen molar-refractivity contribution in [3.63, 3.8) is 0 Å². The summed E-state index contributed by atoms with van der Waals surface area (Å²) in [5.41, 5.74) is 7.60. The van der Waals surface area contributed by atoms with E-state index in [1.54, 1.807) is 6.26 Å².